The Bertz CT molecular complexity index is 623. The van der Waals surface area contributed by atoms with Gasteiger partial charge in [0, 0.05) is 10.9 Å². The zero-order valence-electron chi connectivity index (χ0n) is 12.6. The van der Waals surface area contributed by atoms with Gasteiger partial charge in [-0.05, 0) is 51.9 Å². The van der Waals surface area contributed by atoms with E-state index in [1.807, 2.05) is 6.92 Å². The molecule has 1 aromatic carbocycles. The Morgan fingerprint density at radius 1 is 1.40 bits per heavy atom. The third-order valence-corrected chi connectivity index (χ3v) is 3.33. The van der Waals surface area contributed by atoms with E-state index in [9.17, 15) is 4.39 Å². The maximum atomic E-state index is 13.4. The number of rotatable bonds is 5. The summed E-state index contributed by atoms with van der Waals surface area (Å²) in [5.74, 6) is 0.647. The van der Waals surface area contributed by atoms with Gasteiger partial charge in [-0.25, -0.2) is 4.39 Å². The molecule has 3 heteroatoms. The minimum absolute atomic E-state index is 0.0374. The molecule has 20 heavy (non-hydrogen) atoms. The van der Waals surface area contributed by atoms with Crippen LogP contribution in [0.15, 0.2) is 34.3 Å². The highest BCUT2D eigenvalue weighted by Gasteiger charge is 2.18. The van der Waals surface area contributed by atoms with Gasteiger partial charge in [0.25, 0.3) is 0 Å². The molecule has 0 bridgehead atoms. The maximum Gasteiger partial charge on any atom is 0.134 e. The lowest BCUT2D eigenvalue weighted by Crippen LogP contribution is -2.20. The van der Waals surface area contributed by atoms with Crippen molar-refractivity contribution in [2.45, 2.75) is 40.2 Å². The predicted molar refractivity (Wildman–Crippen MR) is 81.4 cm³/mol. The second-order valence-electron chi connectivity index (χ2n) is 5.41. The first-order valence-corrected chi connectivity index (χ1v) is 7.10. The van der Waals surface area contributed by atoms with Gasteiger partial charge in [-0.2, -0.15) is 0 Å². The summed E-state index contributed by atoms with van der Waals surface area (Å²) in [6.45, 7) is 9.17. The quantitative estimate of drug-likeness (QED) is 0.786. The van der Waals surface area contributed by atoms with Crippen molar-refractivity contribution in [3.05, 3.63) is 47.0 Å². The first-order chi connectivity index (χ1) is 9.52. The standard InChI is InChI=1S/C17H22FNO/c1-5-8-19-15(9-11(2)3)17-12(4)14-10-13(18)6-7-16(14)20-17/h6-7,9-10,15,19H,5,8H2,1-4H3. The zero-order valence-corrected chi connectivity index (χ0v) is 12.6. The molecule has 2 rings (SSSR count). The van der Waals surface area contributed by atoms with Gasteiger partial charge in [-0.1, -0.05) is 18.6 Å². The van der Waals surface area contributed by atoms with Crippen molar-refractivity contribution in [3.8, 4) is 0 Å². The van der Waals surface area contributed by atoms with Crippen LogP contribution in [-0.2, 0) is 0 Å². The van der Waals surface area contributed by atoms with Crippen molar-refractivity contribution >= 4 is 11.0 Å². The molecule has 1 unspecified atom stereocenters. The molecular weight excluding hydrogens is 253 g/mol. The molecule has 0 amide bonds. The van der Waals surface area contributed by atoms with Crippen LogP contribution in [0.4, 0.5) is 4.39 Å². The third-order valence-electron chi connectivity index (χ3n) is 3.33. The molecule has 108 valence electrons. The first-order valence-electron chi connectivity index (χ1n) is 7.10. The summed E-state index contributed by atoms with van der Waals surface area (Å²) in [5.41, 5.74) is 2.97. The first kappa shape index (κ1) is 14.8. The number of hydrogen-bond donors (Lipinski definition) is 1. The van der Waals surface area contributed by atoms with Crippen LogP contribution in [0.25, 0.3) is 11.0 Å². The Balaban J connectivity index is 2.47. The number of furan rings is 1. The number of allylic oxidation sites excluding steroid dienone is 1. The lowest BCUT2D eigenvalue weighted by atomic mass is 10.1. The fourth-order valence-electron chi connectivity index (χ4n) is 2.37. The molecule has 0 spiro atoms. The van der Waals surface area contributed by atoms with E-state index in [4.69, 9.17) is 4.42 Å². The molecule has 0 saturated heterocycles. The van der Waals surface area contributed by atoms with E-state index in [0.717, 1.165) is 35.3 Å². The fourth-order valence-corrected chi connectivity index (χ4v) is 2.37. The van der Waals surface area contributed by atoms with Crippen LogP contribution >= 0.6 is 0 Å². The van der Waals surface area contributed by atoms with Gasteiger partial charge < -0.3 is 9.73 Å². The molecule has 0 saturated carbocycles. The molecule has 0 radical (unpaired) electrons. The Morgan fingerprint density at radius 3 is 2.80 bits per heavy atom. The lowest BCUT2D eigenvalue weighted by Gasteiger charge is -2.14. The average Bonchev–Trinajstić information content (AvgIpc) is 2.71. The summed E-state index contributed by atoms with van der Waals surface area (Å²) in [5, 5.41) is 4.32. The van der Waals surface area contributed by atoms with Crippen molar-refractivity contribution in [1.82, 2.24) is 5.32 Å². The van der Waals surface area contributed by atoms with Gasteiger partial charge >= 0.3 is 0 Å². The minimum Gasteiger partial charge on any atom is -0.459 e. The average molecular weight is 275 g/mol. The van der Waals surface area contributed by atoms with Crippen LogP contribution in [0.5, 0.6) is 0 Å². The number of hydrogen-bond acceptors (Lipinski definition) is 2. The van der Waals surface area contributed by atoms with Crippen molar-refractivity contribution < 1.29 is 8.81 Å². The van der Waals surface area contributed by atoms with Crippen molar-refractivity contribution in [2.24, 2.45) is 0 Å². The Kier molecular flexibility index (Phi) is 4.61. The van der Waals surface area contributed by atoms with Crippen LogP contribution in [0.1, 0.15) is 44.6 Å². The van der Waals surface area contributed by atoms with E-state index in [1.54, 1.807) is 6.07 Å². The van der Waals surface area contributed by atoms with Crippen molar-refractivity contribution in [1.29, 1.82) is 0 Å². The molecule has 0 aliphatic heterocycles. The summed E-state index contributed by atoms with van der Waals surface area (Å²) in [6, 6.07) is 4.71. The third kappa shape index (κ3) is 3.10. The summed E-state index contributed by atoms with van der Waals surface area (Å²) in [6.07, 6.45) is 3.21. The highest BCUT2D eigenvalue weighted by Crippen LogP contribution is 2.31. The second kappa shape index (κ2) is 6.23. The van der Waals surface area contributed by atoms with E-state index in [0.29, 0.717) is 0 Å². The SMILES string of the molecule is CCCNC(C=C(C)C)c1oc2ccc(F)cc2c1C. The van der Waals surface area contributed by atoms with E-state index in [2.05, 4.69) is 32.2 Å². The van der Waals surface area contributed by atoms with Crippen molar-refractivity contribution in [3.63, 3.8) is 0 Å². The molecule has 1 atom stereocenters. The van der Waals surface area contributed by atoms with Crippen LogP contribution in [0.3, 0.4) is 0 Å². The molecule has 2 nitrogen and oxygen atoms in total. The van der Waals surface area contributed by atoms with Gasteiger partial charge in [0.2, 0.25) is 0 Å². The van der Waals surface area contributed by atoms with Gasteiger partial charge in [-0.15, -0.1) is 0 Å². The molecule has 1 heterocycles. The minimum atomic E-state index is -0.228. The predicted octanol–water partition coefficient (Wildman–Crippen LogP) is 4.89. The van der Waals surface area contributed by atoms with Gasteiger partial charge in [0.15, 0.2) is 0 Å². The molecule has 2 aromatic rings. The number of aryl methyl sites for hydroxylation is 1. The van der Waals surface area contributed by atoms with Crippen molar-refractivity contribution in [2.75, 3.05) is 6.54 Å². The van der Waals surface area contributed by atoms with Crippen LogP contribution in [0, 0.1) is 12.7 Å². The van der Waals surface area contributed by atoms with Gasteiger partial charge in [0.05, 0.1) is 6.04 Å². The maximum absolute atomic E-state index is 13.4. The second-order valence-corrected chi connectivity index (χ2v) is 5.41. The van der Waals surface area contributed by atoms with E-state index in [-0.39, 0.29) is 11.9 Å². The topological polar surface area (TPSA) is 25.2 Å². The Labute approximate surface area is 119 Å². The molecule has 0 aliphatic carbocycles. The van der Waals surface area contributed by atoms with Crippen LogP contribution < -0.4 is 5.32 Å². The van der Waals surface area contributed by atoms with Gasteiger partial charge in [-0.3, -0.25) is 0 Å². The van der Waals surface area contributed by atoms with Crippen LogP contribution in [0.2, 0.25) is 0 Å². The number of benzene rings is 1. The summed E-state index contributed by atoms with van der Waals surface area (Å²) >= 11 is 0. The summed E-state index contributed by atoms with van der Waals surface area (Å²) in [7, 11) is 0. The molecule has 0 aliphatic rings. The number of nitrogens with one attached hydrogen (secondary N) is 1. The number of halogens is 1. The summed E-state index contributed by atoms with van der Waals surface area (Å²) in [4.78, 5) is 0. The molecule has 1 aromatic heterocycles. The Hall–Kier alpha value is -1.61. The zero-order chi connectivity index (χ0) is 14.7. The van der Waals surface area contributed by atoms with E-state index in [1.165, 1.54) is 17.7 Å². The normalized spacial score (nSPS) is 12.7. The molecule has 0 fully saturated rings. The number of fused-ring (bicyclic) bond motifs is 1. The highest BCUT2D eigenvalue weighted by atomic mass is 19.1. The fraction of sp³-hybridized carbons (Fsp3) is 0.412. The smallest absolute Gasteiger partial charge is 0.134 e. The van der Waals surface area contributed by atoms with Crippen LogP contribution in [-0.4, -0.2) is 6.54 Å². The monoisotopic (exact) mass is 275 g/mol. The highest BCUT2D eigenvalue weighted by molar-refractivity contribution is 5.82. The molecular formula is C17H22FNO. The lowest BCUT2D eigenvalue weighted by molar-refractivity contribution is 0.472. The largest absolute Gasteiger partial charge is 0.459 e. The van der Waals surface area contributed by atoms with E-state index >= 15 is 0 Å². The summed E-state index contributed by atoms with van der Waals surface area (Å²) < 4.78 is 19.3. The van der Waals surface area contributed by atoms with Gasteiger partial charge in [0.1, 0.15) is 17.2 Å². The molecule has 1 N–H and O–H groups in total. The van der Waals surface area contributed by atoms with E-state index < -0.39 is 0 Å². The Morgan fingerprint density at radius 2 is 2.15 bits per heavy atom.